The van der Waals surface area contributed by atoms with Crippen LogP contribution in [0, 0.1) is 0 Å². The normalized spacial score (nSPS) is 15.4. The number of hydrogen-bond acceptors (Lipinski definition) is 4. The SMILES string of the molecule is C=CCCOC(=O)NC1(C(=O)OCCCCCCCCCC)CCCC1. The van der Waals surface area contributed by atoms with Crippen LogP contribution in [-0.2, 0) is 14.3 Å². The molecule has 0 unspecified atom stereocenters. The quantitative estimate of drug-likeness (QED) is 0.257. The van der Waals surface area contributed by atoms with Gasteiger partial charge in [0.05, 0.1) is 13.2 Å². The van der Waals surface area contributed by atoms with Gasteiger partial charge in [0.1, 0.15) is 5.54 Å². The molecule has 5 nitrogen and oxygen atoms in total. The van der Waals surface area contributed by atoms with E-state index in [1.54, 1.807) is 6.08 Å². The molecule has 0 spiro atoms. The second kappa shape index (κ2) is 13.7. The predicted octanol–water partition coefficient (Wildman–Crippen LogP) is 5.29. The van der Waals surface area contributed by atoms with Crippen LogP contribution in [0.4, 0.5) is 4.79 Å². The number of carbonyl (C=O) groups excluding carboxylic acids is 2. The average molecular weight is 368 g/mol. The molecular formula is C21H37NO4. The predicted molar refractivity (Wildman–Crippen MR) is 104 cm³/mol. The van der Waals surface area contributed by atoms with E-state index in [1.807, 2.05) is 0 Å². The molecule has 1 rings (SSSR count). The lowest BCUT2D eigenvalue weighted by atomic mass is 9.98. The zero-order valence-corrected chi connectivity index (χ0v) is 16.5. The van der Waals surface area contributed by atoms with E-state index in [9.17, 15) is 9.59 Å². The summed E-state index contributed by atoms with van der Waals surface area (Å²) >= 11 is 0. The molecule has 1 aliphatic rings. The van der Waals surface area contributed by atoms with Crippen LogP contribution >= 0.6 is 0 Å². The summed E-state index contributed by atoms with van der Waals surface area (Å²) in [7, 11) is 0. The van der Waals surface area contributed by atoms with Crippen molar-refractivity contribution in [3.05, 3.63) is 12.7 Å². The number of carbonyl (C=O) groups is 2. The molecule has 1 aliphatic carbocycles. The lowest BCUT2D eigenvalue weighted by Gasteiger charge is -2.27. The number of ether oxygens (including phenoxy) is 2. The van der Waals surface area contributed by atoms with Gasteiger partial charge in [-0.05, 0) is 25.7 Å². The number of hydrogen-bond donors (Lipinski definition) is 1. The first-order chi connectivity index (χ1) is 12.6. The number of esters is 1. The Morgan fingerprint density at radius 3 is 2.19 bits per heavy atom. The molecule has 0 atom stereocenters. The van der Waals surface area contributed by atoms with Crippen molar-refractivity contribution in [1.29, 1.82) is 0 Å². The molecule has 1 saturated carbocycles. The average Bonchev–Trinajstić information content (AvgIpc) is 3.10. The van der Waals surface area contributed by atoms with Crippen LogP contribution in [0.2, 0.25) is 0 Å². The van der Waals surface area contributed by atoms with Gasteiger partial charge in [0.15, 0.2) is 0 Å². The third kappa shape index (κ3) is 8.72. The Balaban J connectivity index is 2.23. The Morgan fingerprint density at radius 2 is 1.58 bits per heavy atom. The van der Waals surface area contributed by atoms with Gasteiger partial charge >= 0.3 is 12.1 Å². The van der Waals surface area contributed by atoms with Crippen LogP contribution in [0.15, 0.2) is 12.7 Å². The maximum absolute atomic E-state index is 12.5. The molecule has 26 heavy (non-hydrogen) atoms. The fraction of sp³-hybridized carbons (Fsp3) is 0.810. The van der Waals surface area contributed by atoms with Gasteiger partial charge in [-0.2, -0.15) is 0 Å². The van der Waals surface area contributed by atoms with Crippen LogP contribution < -0.4 is 5.32 Å². The number of alkyl carbamates (subject to hydrolysis) is 1. The summed E-state index contributed by atoms with van der Waals surface area (Å²) in [6, 6.07) is 0. The van der Waals surface area contributed by atoms with Crippen LogP contribution in [0.5, 0.6) is 0 Å². The van der Waals surface area contributed by atoms with E-state index in [-0.39, 0.29) is 12.6 Å². The third-order valence-corrected chi connectivity index (χ3v) is 4.98. The molecule has 0 heterocycles. The highest BCUT2D eigenvalue weighted by Crippen LogP contribution is 2.31. The molecular weight excluding hydrogens is 330 g/mol. The summed E-state index contributed by atoms with van der Waals surface area (Å²) in [5, 5.41) is 2.76. The zero-order valence-electron chi connectivity index (χ0n) is 16.5. The van der Waals surface area contributed by atoms with E-state index in [2.05, 4.69) is 18.8 Å². The second-order valence-corrected chi connectivity index (χ2v) is 7.24. The summed E-state index contributed by atoms with van der Waals surface area (Å²) in [5.41, 5.74) is -0.897. The second-order valence-electron chi connectivity index (χ2n) is 7.24. The first kappa shape index (κ1) is 22.5. The van der Waals surface area contributed by atoms with Crippen molar-refractivity contribution < 1.29 is 19.1 Å². The van der Waals surface area contributed by atoms with Gasteiger partial charge in [-0.25, -0.2) is 9.59 Å². The number of unbranched alkanes of at least 4 members (excludes halogenated alkanes) is 7. The van der Waals surface area contributed by atoms with Gasteiger partial charge in [0.25, 0.3) is 0 Å². The first-order valence-corrected chi connectivity index (χ1v) is 10.4. The van der Waals surface area contributed by atoms with E-state index in [0.29, 0.717) is 25.9 Å². The topological polar surface area (TPSA) is 64.6 Å². The van der Waals surface area contributed by atoms with E-state index in [1.165, 1.54) is 38.5 Å². The van der Waals surface area contributed by atoms with E-state index in [0.717, 1.165) is 25.7 Å². The largest absolute Gasteiger partial charge is 0.464 e. The molecule has 1 amide bonds. The monoisotopic (exact) mass is 367 g/mol. The molecule has 0 aromatic heterocycles. The molecule has 0 saturated heterocycles. The van der Waals surface area contributed by atoms with Crippen LogP contribution in [0.25, 0.3) is 0 Å². The fourth-order valence-electron chi connectivity index (χ4n) is 3.36. The number of amides is 1. The van der Waals surface area contributed by atoms with Gasteiger partial charge in [0.2, 0.25) is 0 Å². The van der Waals surface area contributed by atoms with Crippen LogP contribution in [0.1, 0.15) is 90.4 Å². The molecule has 0 aliphatic heterocycles. The Morgan fingerprint density at radius 1 is 0.962 bits per heavy atom. The van der Waals surface area contributed by atoms with Crippen molar-refractivity contribution in [1.82, 2.24) is 5.32 Å². The maximum Gasteiger partial charge on any atom is 0.408 e. The first-order valence-electron chi connectivity index (χ1n) is 10.4. The van der Waals surface area contributed by atoms with Crippen LogP contribution in [0.3, 0.4) is 0 Å². The maximum atomic E-state index is 12.5. The van der Waals surface area contributed by atoms with Gasteiger partial charge in [0, 0.05) is 0 Å². The van der Waals surface area contributed by atoms with Gasteiger partial charge in [-0.3, -0.25) is 0 Å². The Labute approximate surface area is 158 Å². The number of nitrogens with one attached hydrogen (secondary N) is 1. The smallest absolute Gasteiger partial charge is 0.408 e. The lowest BCUT2D eigenvalue weighted by molar-refractivity contribution is -0.151. The van der Waals surface area contributed by atoms with E-state index < -0.39 is 11.6 Å². The molecule has 1 fully saturated rings. The molecule has 0 aromatic rings. The van der Waals surface area contributed by atoms with Gasteiger partial charge in [-0.15, -0.1) is 6.58 Å². The van der Waals surface area contributed by atoms with Crippen molar-refractivity contribution >= 4 is 12.1 Å². The fourth-order valence-corrected chi connectivity index (χ4v) is 3.36. The summed E-state index contributed by atoms with van der Waals surface area (Å²) in [6.45, 7) is 6.52. The summed E-state index contributed by atoms with van der Waals surface area (Å²) < 4.78 is 10.6. The zero-order chi connectivity index (χ0) is 19.1. The van der Waals surface area contributed by atoms with E-state index >= 15 is 0 Å². The standard InChI is InChI=1S/C21H37NO4/c1-3-5-7-8-9-10-11-14-18-25-19(23)21(15-12-13-16-21)22-20(24)26-17-6-4-2/h4H,2-3,5-18H2,1H3,(H,22,24). The summed E-state index contributed by atoms with van der Waals surface area (Å²) in [6.07, 6.45) is 14.5. The molecule has 0 radical (unpaired) electrons. The molecule has 1 N–H and O–H groups in total. The molecule has 5 heteroatoms. The minimum atomic E-state index is -0.897. The third-order valence-electron chi connectivity index (χ3n) is 4.98. The molecule has 0 bridgehead atoms. The highest BCUT2D eigenvalue weighted by molar-refractivity contribution is 5.86. The van der Waals surface area contributed by atoms with Crippen LogP contribution in [-0.4, -0.2) is 30.8 Å². The van der Waals surface area contributed by atoms with Crippen molar-refractivity contribution in [3.63, 3.8) is 0 Å². The molecule has 150 valence electrons. The molecule has 0 aromatic carbocycles. The van der Waals surface area contributed by atoms with Crippen molar-refractivity contribution in [2.45, 2.75) is 95.9 Å². The van der Waals surface area contributed by atoms with Gasteiger partial charge < -0.3 is 14.8 Å². The van der Waals surface area contributed by atoms with Crippen molar-refractivity contribution in [3.8, 4) is 0 Å². The van der Waals surface area contributed by atoms with Crippen molar-refractivity contribution in [2.24, 2.45) is 0 Å². The summed E-state index contributed by atoms with van der Waals surface area (Å²) in [4.78, 5) is 24.5. The highest BCUT2D eigenvalue weighted by Gasteiger charge is 2.44. The van der Waals surface area contributed by atoms with Crippen molar-refractivity contribution in [2.75, 3.05) is 13.2 Å². The minimum Gasteiger partial charge on any atom is -0.464 e. The highest BCUT2D eigenvalue weighted by atomic mass is 16.6. The number of rotatable bonds is 14. The Kier molecular flexibility index (Phi) is 11.8. The summed E-state index contributed by atoms with van der Waals surface area (Å²) in [5.74, 6) is -0.307. The Bertz CT molecular complexity index is 416. The van der Waals surface area contributed by atoms with Gasteiger partial charge in [-0.1, -0.05) is 70.8 Å². The lowest BCUT2D eigenvalue weighted by Crippen LogP contribution is -2.53. The Hall–Kier alpha value is -1.52. The minimum absolute atomic E-state index is 0.277. The van der Waals surface area contributed by atoms with E-state index in [4.69, 9.17) is 9.47 Å².